The summed E-state index contributed by atoms with van der Waals surface area (Å²) in [4.78, 5) is 19.3. The van der Waals surface area contributed by atoms with E-state index < -0.39 is 5.97 Å². The first-order valence-electron chi connectivity index (χ1n) is 7.03. The maximum Gasteiger partial charge on any atom is 0.304 e. The number of rotatable bonds is 6. The number of piperazine rings is 1. The van der Waals surface area contributed by atoms with Crippen LogP contribution in [0, 0.1) is 0 Å². The van der Waals surface area contributed by atoms with Gasteiger partial charge in [0, 0.05) is 38.6 Å². The van der Waals surface area contributed by atoms with Crippen molar-refractivity contribution < 1.29 is 14.4 Å². The standard InChI is InChI=1S/C13H22N4O3.ClH/c1-10(2)13-14-11(20-15-13)9-17-7-5-16(6-8-17)4-3-12(18)19;/h10H,3-9H2,1-2H3,(H,18,19);1H. The molecule has 120 valence electrons. The van der Waals surface area contributed by atoms with Gasteiger partial charge in [-0.2, -0.15) is 4.98 Å². The molecule has 0 unspecified atom stereocenters. The Morgan fingerprint density at radius 1 is 1.29 bits per heavy atom. The molecule has 21 heavy (non-hydrogen) atoms. The molecular weight excluding hydrogens is 296 g/mol. The van der Waals surface area contributed by atoms with Gasteiger partial charge in [0.05, 0.1) is 13.0 Å². The van der Waals surface area contributed by atoms with Crippen LogP contribution in [0.15, 0.2) is 4.52 Å². The van der Waals surface area contributed by atoms with Crippen molar-refractivity contribution in [3.63, 3.8) is 0 Å². The number of halogens is 1. The number of carboxylic acid groups (broad SMARTS) is 1. The molecule has 1 aliphatic heterocycles. The Morgan fingerprint density at radius 3 is 2.43 bits per heavy atom. The molecule has 0 bridgehead atoms. The van der Waals surface area contributed by atoms with Crippen LogP contribution in [-0.2, 0) is 11.3 Å². The van der Waals surface area contributed by atoms with Gasteiger partial charge in [-0.1, -0.05) is 19.0 Å². The quantitative estimate of drug-likeness (QED) is 0.844. The van der Waals surface area contributed by atoms with E-state index in [1.54, 1.807) is 0 Å². The zero-order valence-electron chi connectivity index (χ0n) is 12.5. The molecule has 0 aliphatic carbocycles. The Bertz CT molecular complexity index is 444. The van der Waals surface area contributed by atoms with Gasteiger partial charge in [0.25, 0.3) is 0 Å². The SMILES string of the molecule is CC(C)c1noc(CN2CCN(CCC(=O)O)CC2)n1.Cl. The fourth-order valence-electron chi connectivity index (χ4n) is 2.18. The maximum atomic E-state index is 10.5. The first-order valence-corrected chi connectivity index (χ1v) is 7.03. The van der Waals surface area contributed by atoms with Gasteiger partial charge in [-0.15, -0.1) is 12.4 Å². The number of hydrogen-bond acceptors (Lipinski definition) is 6. The van der Waals surface area contributed by atoms with Crippen LogP contribution in [-0.4, -0.2) is 63.7 Å². The minimum absolute atomic E-state index is 0. The summed E-state index contributed by atoms with van der Waals surface area (Å²) < 4.78 is 5.24. The second kappa shape index (κ2) is 8.31. The first kappa shape index (κ1) is 17.9. The highest BCUT2D eigenvalue weighted by Gasteiger charge is 2.19. The molecule has 7 nitrogen and oxygen atoms in total. The molecule has 0 aromatic carbocycles. The van der Waals surface area contributed by atoms with Crippen LogP contribution in [0.3, 0.4) is 0 Å². The lowest BCUT2D eigenvalue weighted by atomic mass is 10.2. The predicted molar refractivity (Wildman–Crippen MR) is 79.6 cm³/mol. The van der Waals surface area contributed by atoms with Crippen molar-refractivity contribution in [1.82, 2.24) is 19.9 Å². The van der Waals surface area contributed by atoms with Gasteiger partial charge in [0.1, 0.15) is 0 Å². The van der Waals surface area contributed by atoms with Crippen LogP contribution >= 0.6 is 12.4 Å². The van der Waals surface area contributed by atoms with Crippen LogP contribution in [0.25, 0.3) is 0 Å². The highest BCUT2D eigenvalue weighted by Crippen LogP contribution is 2.12. The van der Waals surface area contributed by atoms with Crippen LogP contribution in [0.4, 0.5) is 0 Å². The fraction of sp³-hybridized carbons (Fsp3) is 0.769. The van der Waals surface area contributed by atoms with Crippen LogP contribution in [0.1, 0.15) is 37.9 Å². The van der Waals surface area contributed by atoms with E-state index in [9.17, 15) is 4.79 Å². The minimum atomic E-state index is -0.737. The Kier molecular flexibility index (Phi) is 7.07. The summed E-state index contributed by atoms with van der Waals surface area (Å²) in [7, 11) is 0. The molecule has 0 radical (unpaired) electrons. The lowest BCUT2D eigenvalue weighted by Gasteiger charge is -2.33. The highest BCUT2D eigenvalue weighted by molar-refractivity contribution is 5.85. The van der Waals surface area contributed by atoms with Crippen LogP contribution < -0.4 is 0 Å². The number of aromatic nitrogens is 2. The van der Waals surface area contributed by atoms with Gasteiger partial charge in [-0.25, -0.2) is 0 Å². The second-order valence-corrected chi connectivity index (χ2v) is 5.46. The molecule has 0 saturated carbocycles. The lowest BCUT2D eigenvalue weighted by molar-refractivity contribution is -0.137. The van der Waals surface area contributed by atoms with E-state index in [0.29, 0.717) is 19.0 Å². The molecule has 1 aliphatic rings. The number of nitrogens with zero attached hydrogens (tertiary/aromatic N) is 4. The van der Waals surface area contributed by atoms with Crippen molar-refractivity contribution in [2.45, 2.75) is 32.7 Å². The van der Waals surface area contributed by atoms with Crippen molar-refractivity contribution in [3.05, 3.63) is 11.7 Å². The predicted octanol–water partition coefficient (Wildman–Crippen LogP) is 1.21. The van der Waals surface area contributed by atoms with E-state index in [1.807, 2.05) is 13.8 Å². The molecule has 1 aromatic heterocycles. The number of carbonyl (C=O) groups is 1. The summed E-state index contributed by atoms with van der Waals surface area (Å²) in [6, 6.07) is 0. The normalized spacial score (nSPS) is 16.9. The summed E-state index contributed by atoms with van der Waals surface area (Å²) in [5, 5.41) is 12.6. The van der Waals surface area contributed by atoms with Gasteiger partial charge in [0.2, 0.25) is 5.89 Å². The zero-order valence-corrected chi connectivity index (χ0v) is 13.3. The van der Waals surface area contributed by atoms with Gasteiger partial charge in [-0.05, 0) is 0 Å². The van der Waals surface area contributed by atoms with Crippen LogP contribution in [0.5, 0.6) is 0 Å². The summed E-state index contributed by atoms with van der Waals surface area (Å²) in [6.45, 7) is 8.95. The number of aliphatic carboxylic acids is 1. The number of carboxylic acids is 1. The molecule has 1 fully saturated rings. The molecule has 0 spiro atoms. The van der Waals surface area contributed by atoms with E-state index in [0.717, 1.165) is 32.0 Å². The fourth-order valence-corrected chi connectivity index (χ4v) is 2.18. The molecule has 8 heteroatoms. The van der Waals surface area contributed by atoms with E-state index in [1.165, 1.54) is 0 Å². The zero-order chi connectivity index (χ0) is 14.5. The Morgan fingerprint density at radius 2 is 1.90 bits per heavy atom. The molecule has 2 heterocycles. The Balaban J connectivity index is 0.00000220. The molecule has 2 rings (SSSR count). The monoisotopic (exact) mass is 318 g/mol. The van der Waals surface area contributed by atoms with Crippen molar-refractivity contribution in [1.29, 1.82) is 0 Å². The van der Waals surface area contributed by atoms with Crippen LogP contribution in [0.2, 0.25) is 0 Å². The largest absolute Gasteiger partial charge is 0.481 e. The molecule has 0 atom stereocenters. The third-order valence-electron chi connectivity index (χ3n) is 3.47. The average Bonchev–Trinajstić information content (AvgIpc) is 2.86. The summed E-state index contributed by atoms with van der Waals surface area (Å²) in [6.07, 6.45) is 0.210. The first-order chi connectivity index (χ1) is 9.54. The third kappa shape index (κ3) is 5.61. The Labute approximate surface area is 130 Å². The van der Waals surface area contributed by atoms with Gasteiger partial charge in [0.15, 0.2) is 5.82 Å². The smallest absolute Gasteiger partial charge is 0.304 e. The third-order valence-corrected chi connectivity index (χ3v) is 3.47. The topological polar surface area (TPSA) is 82.7 Å². The highest BCUT2D eigenvalue weighted by atomic mass is 35.5. The lowest BCUT2D eigenvalue weighted by Crippen LogP contribution is -2.46. The van der Waals surface area contributed by atoms with Crippen molar-refractivity contribution in [2.75, 3.05) is 32.7 Å². The molecule has 1 saturated heterocycles. The molecular formula is C13H23ClN4O3. The maximum absolute atomic E-state index is 10.5. The summed E-state index contributed by atoms with van der Waals surface area (Å²) >= 11 is 0. The summed E-state index contributed by atoms with van der Waals surface area (Å²) in [5.74, 6) is 0.952. The minimum Gasteiger partial charge on any atom is -0.481 e. The van der Waals surface area contributed by atoms with E-state index in [-0.39, 0.29) is 24.7 Å². The van der Waals surface area contributed by atoms with Crippen molar-refractivity contribution in [3.8, 4) is 0 Å². The second-order valence-electron chi connectivity index (χ2n) is 5.46. The van der Waals surface area contributed by atoms with E-state index in [2.05, 4.69) is 19.9 Å². The van der Waals surface area contributed by atoms with E-state index >= 15 is 0 Å². The van der Waals surface area contributed by atoms with Crippen molar-refractivity contribution in [2.24, 2.45) is 0 Å². The van der Waals surface area contributed by atoms with E-state index in [4.69, 9.17) is 9.63 Å². The molecule has 0 amide bonds. The van der Waals surface area contributed by atoms with Gasteiger partial charge >= 0.3 is 5.97 Å². The number of hydrogen-bond donors (Lipinski definition) is 1. The van der Waals surface area contributed by atoms with Gasteiger partial charge in [-0.3, -0.25) is 9.69 Å². The molecule has 1 N–H and O–H groups in total. The Hall–Kier alpha value is -1.18. The van der Waals surface area contributed by atoms with Gasteiger partial charge < -0.3 is 14.5 Å². The van der Waals surface area contributed by atoms with Crippen molar-refractivity contribution >= 4 is 18.4 Å². The summed E-state index contributed by atoms with van der Waals surface area (Å²) in [5.41, 5.74) is 0. The average molecular weight is 319 g/mol. The molecule has 1 aromatic rings.